The standard InChI is InChI=1S/C23H17ClFNO2S2/c1-13(2)28-20-10-7-14-5-3-4-6-16(14)17(20)12-21-22(27)26(23(29)30-21)15-8-9-19(25)18(24)11-15/h3-13H,1-2H3/b21-12+. The summed E-state index contributed by atoms with van der Waals surface area (Å²) in [4.78, 5) is 15.0. The van der Waals surface area contributed by atoms with Crippen LogP contribution >= 0.6 is 35.6 Å². The van der Waals surface area contributed by atoms with Crippen molar-refractivity contribution in [3.05, 3.63) is 75.9 Å². The molecule has 1 aliphatic rings. The number of nitrogens with zero attached hydrogens (tertiary/aromatic N) is 1. The molecule has 1 amide bonds. The molecule has 3 nitrogen and oxygen atoms in total. The number of halogens is 2. The lowest BCUT2D eigenvalue weighted by atomic mass is 10.0. The molecular formula is C23H17ClFNO2S2. The van der Waals surface area contributed by atoms with E-state index in [-0.39, 0.29) is 17.0 Å². The molecule has 152 valence electrons. The van der Waals surface area contributed by atoms with Gasteiger partial charge < -0.3 is 4.74 Å². The summed E-state index contributed by atoms with van der Waals surface area (Å²) in [6.45, 7) is 3.91. The predicted molar refractivity (Wildman–Crippen MR) is 127 cm³/mol. The Balaban J connectivity index is 1.80. The first-order valence-corrected chi connectivity index (χ1v) is 10.9. The molecule has 0 spiro atoms. The van der Waals surface area contributed by atoms with Crippen LogP contribution in [-0.2, 0) is 4.79 Å². The maximum absolute atomic E-state index is 13.5. The van der Waals surface area contributed by atoms with Gasteiger partial charge in [0.15, 0.2) is 4.32 Å². The Hall–Kier alpha value is -2.41. The van der Waals surface area contributed by atoms with Gasteiger partial charge in [-0.05, 0) is 55.0 Å². The van der Waals surface area contributed by atoms with E-state index in [1.807, 2.05) is 56.3 Å². The van der Waals surface area contributed by atoms with Crippen LogP contribution in [0.4, 0.5) is 10.1 Å². The number of amides is 1. The molecule has 30 heavy (non-hydrogen) atoms. The highest BCUT2D eigenvalue weighted by Crippen LogP contribution is 2.39. The molecule has 3 aromatic carbocycles. The van der Waals surface area contributed by atoms with E-state index >= 15 is 0 Å². The van der Waals surface area contributed by atoms with Gasteiger partial charge in [0.2, 0.25) is 0 Å². The van der Waals surface area contributed by atoms with E-state index < -0.39 is 5.82 Å². The van der Waals surface area contributed by atoms with Crippen LogP contribution in [0.5, 0.6) is 5.75 Å². The number of thiocarbonyl (C=S) groups is 1. The molecular weight excluding hydrogens is 441 g/mol. The Morgan fingerprint density at radius 2 is 1.93 bits per heavy atom. The second-order valence-electron chi connectivity index (χ2n) is 6.98. The van der Waals surface area contributed by atoms with Crippen molar-refractivity contribution >= 4 is 68.3 Å². The summed E-state index contributed by atoms with van der Waals surface area (Å²) in [7, 11) is 0. The molecule has 0 atom stereocenters. The number of hydrogen-bond donors (Lipinski definition) is 0. The zero-order valence-electron chi connectivity index (χ0n) is 16.2. The van der Waals surface area contributed by atoms with Crippen LogP contribution in [0.15, 0.2) is 59.5 Å². The van der Waals surface area contributed by atoms with Crippen LogP contribution in [-0.4, -0.2) is 16.3 Å². The molecule has 7 heteroatoms. The molecule has 0 aromatic heterocycles. The highest BCUT2D eigenvalue weighted by Gasteiger charge is 2.34. The number of carbonyl (C=O) groups is 1. The van der Waals surface area contributed by atoms with Crippen molar-refractivity contribution in [2.75, 3.05) is 4.90 Å². The Kier molecular flexibility index (Phi) is 5.82. The molecule has 0 radical (unpaired) electrons. The molecule has 1 aliphatic heterocycles. The summed E-state index contributed by atoms with van der Waals surface area (Å²) in [5.74, 6) is -0.137. The average Bonchev–Trinajstić information content (AvgIpc) is 2.99. The Labute approximate surface area is 188 Å². The topological polar surface area (TPSA) is 29.5 Å². The van der Waals surface area contributed by atoms with E-state index in [2.05, 4.69) is 0 Å². The number of ether oxygens (including phenoxy) is 1. The smallest absolute Gasteiger partial charge is 0.270 e. The second-order valence-corrected chi connectivity index (χ2v) is 9.06. The fourth-order valence-corrected chi connectivity index (χ4v) is 4.68. The fraction of sp³-hybridized carbons (Fsp3) is 0.130. The number of anilines is 1. The Morgan fingerprint density at radius 3 is 2.67 bits per heavy atom. The third-order valence-electron chi connectivity index (χ3n) is 4.52. The van der Waals surface area contributed by atoms with E-state index in [0.717, 1.165) is 16.3 Å². The summed E-state index contributed by atoms with van der Waals surface area (Å²) in [5.41, 5.74) is 1.25. The fourth-order valence-electron chi connectivity index (χ4n) is 3.23. The first-order chi connectivity index (χ1) is 14.3. The number of benzene rings is 3. The van der Waals surface area contributed by atoms with Crippen molar-refractivity contribution in [3.63, 3.8) is 0 Å². The molecule has 4 rings (SSSR count). The van der Waals surface area contributed by atoms with Crippen molar-refractivity contribution in [2.45, 2.75) is 20.0 Å². The third kappa shape index (κ3) is 3.95. The lowest BCUT2D eigenvalue weighted by Crippen LogP contribution is -2.27. The van der Waals surface area contributed by atoms with Crippen molar-refractivity contribution in [2.24, 2.45) is 0 Å². The summed E-state index contributed by atoms with van der Waals surface area (Å²) in [6, 6.07) is 15.9. The molecule has 0 unspecified atom stereocenters. The van der Waals surface area contributed by atoms with Crippen LogP contribution in [0.25, 0.3) is 16.8 Å². The molecule has 0 aliphatic carbocycles. The summed E-state index contributed by atoms with van der Waals surface area (Å²) >= 11 is 12.5. The van der Waals surface area contributed by atoms with Gasteiger partial charge in [0.1, 0.15) is 11.6 Å². The van der Waals surface area contributed by atoms with Gasteiger partial charge >= 0.3 is 0 Å². The lowest BCUT2D eigenvalue weighted by molar-refractivity contribution is -0.113. The first kappa shape index (κ1) is 20.8. The van der Waals surface area contributed by atoms with Crippen LogP contribution in [0.3, 0.4) is 0 Å². The molecule has 1 heterocycles. The van der Waals surface area contributed by atoms with Crippen molar-refractivity contribution < 1.29 is 13.9 Å². The molecule has 0 bridgehead atoms. The first-order valence-electron chi connectivity index (χ1n) is 9.26. The van der Waals surface area contributed by atoms with Crippen LogP contribution in [0.2, 0.25) is 5.02 Å². The molecule has 3 aromatic rings. The van der Waals surface area contributed by atoms with Crippen LogP contribution in [0, 0.1) is 5.82 Å². The highest BCUT2D eigenvalue weighted by atomic mass is 35.5. The quantitative estimate of drug-likeness (QED) is 0.317. The Morgan fingerprint density at radius 1 is 1.17 bits per heavy atom. The van der Waals surface area contributed by atoms with E-state index in [9.17, 15) is 9.18 Å². The molecule has 0 N–H and O–H groups in total. The summed E-state index contributed by atoms with van der Waals surface area (Å²) in [6.07, 6.45) is 1.79. The number of fused-ring (bicyclic) bond motifs is 1. The number of hydrogen-bond acceptors (Lipinski definition) is 4. The van der Waals surface area contributed by atoms with Crippen LogP contribution in [0.1, 0.15) is 19.4 Å². The average molecular weight is 458 g/mol. The minimum Gasteiger partial charge on any atom is -0.490 e. The largest absolute Gasteiger partial charge is 0.490 e. The molecule has 1 saturated heterocycles. The molecule has 1 fully saturated rings. The van der Waals surface area contributed by atoms with E-state index in [0.29, 0.717) is 20.7 Å². The van der Waals surface area contributed by atoms with Crippen molar-refractivity contribution in [3.8, 4) is 5.75 Å². The van der Waals surface area contributed by atoms with E-state index in [1.54, 1.807) is 0 Å². The number of rotatable bonds is 4. The van der Waals surface area contributed by atoms with Gasteiger partial charge in [-0.1, -0.05) is 65.9 Å². The van der Waals surface area contributed by atoms with Crippen molar-refractivity contribution in [1.82, 2.24) is 0 Å². The normalized spacial score (nSPS) is 15.6. The summed E-state index contributed by atoms with van der Waals surface area (Å²) in [5, 5.41) is 1.96. The number of carbonyl (C=O) groups excluding carboxylic acids is 1. The monoisotopic (exact) mass is 457 g/mol. The van der Waals surface area contributed by atoms with Gasteiger partial charge in [-0.2, -0.15) is 0 Å². The maximum Gasteiger partial charge on any atom is 0.270 e. The zero-order valence-corrected chi connectivity index (χ0v) is 18.6. The minimum atomic E-state index is -0.548. The minimum absolute atomic E-state index is 0.0193. The highest BCUT2D eigenvalue weighted by molar-refractivity contribution is 8.27. The van der Waals surface area contributed by atoms with Gasteiger partial charge in [-0.15, -0.1) is 0 Å². The SMILES string of the molecule is CC(C)Oc1ccc2ccccc2c1/C=C1/SC(=S)N(c2ccc(F)c(Cl)c2)C1=O. The summed E-state index contributed by atoms with van der Waals surface area (Å²) < 4.78 is 19.9. The van der Waals surface area contributed by atoms with Gasteiger partial charge in [0.25, 0.3) is 5.91 Å². The van der Waals surface area contributed by atoms with Crippen LogP contribution < -0.4 is 9.64 Å². The maximum atomic E-state index is 13.5. The molecule has 0 saturated carbocycles. The third-order valence-corrected chi connectivity index (χ3v) is 6.12. The van der Waals surface area contributed by atoms with E-state index in [4.69, 9.17) is 28.6 Å². The van der Waals surface area contributed by atoms with Crippen molar-refractivity contribution in [1.29, 1.82) is 0 Å². The van der Waals surface area contributed by atoms with E-state index in [1.165, 1.54) is 34.9 Å². The van der Waals surface area contributed by atoms with Gasteiger partial charge in [0.05, 0.1) is 21.7 Å². The zero-order chi connectivity index (χ0) is 21.4. The number of thioether (sulfide) groups is 1. The second kappa shape index (κ2) is 8.38. The van der Waals surface area contributed by atoms with Gasteiger partial charge in [0, 0.05) is 5.56 Å². The predicted octanol–water partition coefficient (Wildman–Crippen LogP) is 6.83. The lowest BCUT2D eigenvalue weighted by Gasteiger charge is -2.16. The van der Waals surface area contributed by atoms with Gasteiger partial charge in [-0.25, -0.2) is 4.39 Å². The van der Waals surface area contributed by atoms with Gasteiger partial charge in [-0.3, -0.25) is 9.69 Å². The Bertz CT molecular complexity index is 1210.